The van der Waals surface area contributed by atoms with Crippen LogP contribution in [0.15, 0.2) is 42.6 Å². The molecule has 6 nitrogen and oxygen atoms in total. The van der Waals surface area contributed by atoms with Crippen molar-refractivity contribution < 1.29 is 9.59 Å². The number of piperidine rings is 1. The molecule has 2 fully saturated rings. The zero-order valence-corrected chi connectivity index (χ0v) is 19.8. The van der Waals surface area contributed by atoms with Gasteiger partial charge in [-0.25, -0.2) is 0 Å². The highest BCUT2D eigenvalue weighted by Crippen LogP contribution is 2.27. The van der Waals surface area contributed by atoms with Gasteiger partial charge >= 0.3 is 0 Å². The Hall–Kier alpha value is -2.73. The van der Waals surface area contributed by atoms with E-state index in [9.17, 15) is 9.59 Å². The molecule has 1 N–H and O–H groups in total. The van der Waals surface area contributed by atoms with Gasteiger partial charge in [0, 0.05) is 44.8 Å². The summed E-state index contributed by atoms with van der Waals surface area (Å²) in [6, 6.07) is 12.4. The monoisotopic (exact) mass is 448 g/mol. The zero-order chi connectivity index (χ0) is 23.0. The number of rotatable bonds is 2. The van der Waals surface area contributed by atoms with Gasteiger partial charge in [-0.05, 0) is 62.8 Å². The van der Waals surface area contributed by atoms with Crippen LogP contribution in [0.25, 0.3) is 11.1 Å². The van der Waals surface area contributed by atoms with Crippen LogP contribution in [0.1, 0.15) is 61.0 Å². The van der Waals surface area contributed by atoms with Crippen LogP contribution >= 0.6 is 0 Å². The molecule has 0 spiro atoms. The largest absolute Gasteiger partial charge is 0.356 e. The minimum atomic E-state index is 0.0635. The number of nitrogens with zero attached hydrogens (tertiary/aromatic N) is 3. The number of benzene rings is 1. The summed E-state index contributed by atoms with van der Waals surface area (Å²) in [5, 5.41) is 3.09. The maximum Gasteiger partial charge on any atom is 0.256 e. The highest BCUT2D eigenvalue weighted by molar-refractivity contribution is 6.01. The summed E-state index contributed by atoms with van der Waals surface area (Å²) in [6.07, 6.45) is 8.53. The second-order valence-corrected chi connectivity index (χ2v) is 9.28. The molecule has 2 saturated heterocycles. The fourth-order valence-corrected chi connectivity index (χ4v) is 5.16. The molecule has 1 aromatic carbocycles. The number of hydrogen-bond donors (Lipinski definition) is 1. The van der Waals surface area contributed by atoms with E-state index in [4.69, 9.17) is 0 Å². The lowest BCUT2D eigenvalue weighted by Crippen LogP contribution is -2.44. The smallest absolute Gasteiger partial charge is 0.256 e. The molecule has 2 aliphatic heterocycles. The lowest BCUT2D eigenvalue weighted by atomic mass is 9.98. The third kappa shape index (κ3) is 5.99. The average Bonchev–Trinajstić information content (AvgIpc) is 2.85. The second kappa shape index (κ2) is 11.4. The van der Waals surface area contributed by atoms with Crippen LogP contribution < -0.4 is 5.32 Å². The zero-order valence-electron chi connectivity index (χ0n) is 19.8. The van der Waals surface area contributed by atoms with E-state index in [0.717, 1.165) is 62.1 Å². The molecule has 0 aliphatic carbocycles. The average molecular weight is 449 g/mol. The van der Waals surface area contributed by atoms with Crippen molar-refractivity contribution in [2.75, 3.05) is 32.7 Å². The minimum absolute atomic E-state index is 0.0635. The van der Waals surface area contributed by atoms with Gasteiger partial charge in [0.05, 0.1) is 11.3 Å². The van der Waals surface area contributed by atoms with Crippen molar-refractivity contribution in [3.05, 3.63) is 53.9 Å². The van der Waals surface area contributed by atoms with Gasteiger partial charge in [0.15, 0.2) is 0 Å². The first-order valence-electron chi connectivity index (χ1n) is 12.4. The van der Waals surface area contributed by atoms with Gasteiger partial charge in [-0.3, -0.25) is 19.5 Å². The maximum absolute atomic E-state index is 13.8. The molecule has 6 heteroatoms. The first-order valence-corrected chi connectivity index (χ1v) is 12.4. The molecule has 3 heterocycles. The fraction of sp³-hybridized carbons (Fsp3) is 0.519. The summed E-state index contributed by atoms with van der Waals surface area (Å²) >= 11 is 0. The molecule has 1 atom stereocenters. The van der Waals surface area contributed by atoms with Crippen molar-refractivity contribution in [3.8, 4) is 11.1 Å². The lowest BCUT2D eigenvalue weighted by Gasteiger charge is -2.36. The second-order valence-electron chi connectivity index (χ2n) is 9.28. The van der Waals surface area contributed by atoms with E-state index in [-0.39, 0.29) is 11.8 Å². The van der Waals surface area contributed by atoms with Crippen molar-refractivity contribution in [3.63, 3.8) is 0 Å². The Bertz CT molecular complexity index is 946. The number of fused-ring (bicyclic) bond motifs is 1. The first kappa shape index (κ1) is 23.4. The van der Waals surface area contributed by atoms with E-state index in [1.54, 1.807) is 6.20 Å². The van der Waals surface area contributed by atoms with E-state index >= 15 is 0 Å². The Labute approximate surface area is 197 Å². The molecule has 4 rings (SSSR count). The maximum atomic E-state index is 13.8. The highest BCUT2D eigenvalue weighted by atomic mass is 16.2. The van der Waals surface area contributed by atoms with Crippen LogP contribution in [0.4, 0.5) is 0 Å². The molecular formula is C27H36N4O2. The number of aryl methyl sites for hydroxylation is 1. The summed E-state index contributed by atoms with van der Waals surface area (Å²) in [5.41, 5.74) is 3.46. The Morgan fingerprint density at radius 3 is 2.58 bits per heavy atom. The van der Waals surface area contributed by atoms with Gasteiger partial charge < -0.3 is 10.2 Å². The van der Waals surface area contributed by atoms with Crippen LogP contribution in [0, 0.1) is 6.92 Å². The van der Waals surface area contributed by atoms with Crippen LogP contribution in [-0.4, -0.2) is 65.4 Å². The Morgan fingerprint density at radius 2 is 1.73 bits per heavy atom. The summed E-state index contributed by atoms with van der Waals surface area (Å²) in [6.45, 7) is 6.00. The predicted octanol–water partition coefficient (Wildman–Crippen LogP) is 4.04. The van der Waals surface area contributed by atoms with Crippen molar-refractivity contribution in [1.82, 2.24) is 20.1 Å². The number of carbonyl (C=O) groups is 2. The molecule has 0 radical (unpaired) electrons. The standard InChI is InChI=1S/C27H36N4O2/c1-21-26(24(13-15-28-21)22-10-3-2-4-11-22)27(33)31-17-8-6-14-29-25(32)20-23-12-5-7-16-30(23)18-9-19-31/h2-4,10-11,13,15,23H,5-9,12,14,16-20H2,1H3,(H,29,32). The van der Waals surface area contributed by atoms with Crippen LogP contribution in [-0.2, 0) is 4.79 Å². The number of nitrogens with one attached hydrogen (secondary N) is 1. The molecule has 33 heavy (non-hydrogen) atoms. The van der Waals surface area contributed by atoms with Crippen molar-refractivity contribution in [1.29, 1.82) is 0 Å². The molecular weight excluding hydrogens is 412 g/mol. The Morgan fingerprint density at radius 1 is 0.970 bits per heavy atom. The predicted molar refractivity (Wildman–Crippen MR) is 131 cm³/mol. The van der Waals surface area contributed by atoms with E-state index in [1.807, 2.05) is 48.2 Å². The molecule has 176 valence electrons. The van der Waals surface area contributed by atoms with Crippen LogP contribution in [0.2, 0.25) is 0 Å². The van der Waals surface area contributed by atoms with E-state index in [1.165, 1.54) is 12.8 Å². The number of pyridine rings is 1. The quantitative estimate of drug-likeness (QED) is 0.753. The van der Waals surface area contributed by atoms with Gasteiger partial charge in [-0.1, -0.05) is 36.8 Å². The molecule has 2 aliphatic rings. The van der Waals surface area contributed by atoms with E-state index in [2.05, 4.69) is 15.2 Å². The minimum Gasteiger partial charge on any atom is -0.356 e. The molecule has 0 bridgehead atoms. The molecule has 1 aromatic heterocycles. The van der Waals surface area contributed by atoms with Gasteiger partial charge in [0.2, 0.25) is 5.91 Å². The topological polar surface area (TPSA) is 65.5 Å². The summed E-state index contributed by atoms with van der Waals surface area (Å²) in [7, 11) is 0. The van der Waals surface area contributed by atoms with Gasteiger partial charge in [-0.2, -0.15) is 0 Å². The van der Waals surface area contributed by atoms with Gasteiger partial charge in [-0.15, -0.1) is 0 Å². The molecule has 0 saturated carbocycles. The van der Waals surface area contributed by atoms with Gasteiger partial charge in [0.1, 0.15) is 0 Å². The Balaban J connectivity index is 1.55. The van der Waals surface area contributed by atoms with Crippen molar-refractivity contribution in [2.45, 2.75) is 57.9 Å². The first-order chi connectivity index (χ1) is 16.1. The third-order valence-corrected chi connectivity index (χ3v) is 6.95. The summed E-state index contributed by atoms with van der Waals surface area (Å²) in [5.74, 6) is 0.228. The number of aromatic nitrogens is 1. The summed E-state index contributed by atoms with van der Waals surface area (Å²) in [4.78, 5) is 35.2. The highest BCUT2D eigenvalue weighted by Gasteiger charge is 2.26. The molecule has 2 aromatic rings. The van der Waals surface area contributed by atoms with Crippen molar-refractivity contribution in [2.24, 2.45) is 0 Å². The molecule has 2 amide bonds. The van der Waals surface area contributed by atoms with E-state index in [0.29, 0.717) is 31.1 Å². The van der Waals surface area contributed by atoms with Gasteiger partial charge in [0.25, 0.3) is 5.91 Å². The number of carbonyl (C=O) groups excluding carboxylic acids is 2. The van der Waals surface area contributed by atoms with Crippen LogP contribution in [0.5, 0.6) is 0 Å². The number of amides is 2. The number of hydrogen-bond acceptors (Lipinski definition) is 4. The third-order valence-electron chi connectivity index (χ3n) is 6.95. The SMILES string of the molecule is Cc1nccc(-c2ccccc2)c1C(=O)N1CCCCNC(=O)CC2CCCCN2CCC1. The lowest BCUT2D eigenvalue weighted by molar-refractivity contribution is -0.122. The molecule has 1 unspecified atom stereocenters. The van der Waals surface area contributed by atoms with Crippen molar-refractivity contribution >= 4 is 11.8 Å². The summed E-state index contributed by atoms with van der Waals surface area (Å²) < 4.78 is 0. The normalized spacial score (nSPS) is 21.2. The van der Waals surface area contributed by atoms with Crippen LogP contribution in [0.3, 0.4) is 0 Å². The Kier molecular flexibility index (Phi) is 8.10. The van der Waals surface area contributed by atoms with E-state index < -0.39 is 0 Å². The fourth-order valence-electron chi connectivity index (χ4n) is 5.16.